The van der Waals surface area contributed by atoms with E-state index in [2.05, 4.69) is 17.1 Å². The summed E-state index contributed by atoms with van der Waals surface area (Å²) >= 11 is 0. The Morgan fingerprint density at radius 1 is 0.952 bits per heavy atom. The number of ether oxygens (including phenoxy) is 3. The largest absolute Gasteiger partial charge is 0.488 e. The SMILES string of the molecule is C(=C\c1ccc(OCC2OCCO2)cc1)/c1ccncc1. The number of aromatic nitrogens is 1. The first-order valence-corrected chi connectivity index (χ1v) is 6.94. The van der Waals surface area contributed by atoms with Crippen LogP contribution in [0.4, 0.5) is 0 Å². The summed E-state index contributed by atoms with van der Waals surface area (Å²) in [5.41, 5.74) is 2.24. The van der Waals surface area contributed by atoms with Crippen LogP contribution in [0.25, 0.3) is 12.2 Å². The predicted octanol–water partition coefficient (Wildman–Crippen LogP) is 3.00. The lowest BCUT2D eigenvalue weighted by Crippen LogP contribution is -2.18. The van der Waals surface area contributed by atoms with Crippen LogP contribution in [0.1, 0.15) is 11.1 Å². The Morgan fingerprint density at radius 2 is 1.57 bits per heavy atom. The standard InChI is InChI=1S/C17H17NO3/c1(2-15-7-9-18-10-8-15)14-3-5-16(6-4-14)21-13-17-19-11-12-20-17/h1-10,17H,11-13H2/b2-1+. The van der Waals surface area contributed by atoms with E-state index < -0.39 is 0 Å². The summed E-state index contributed by atoms with van der Waals surface area (Å²) in [6.45, 7) is 1.71. The molecule has 1 aromatic heterocycles. The van der Waals surface area contributed by atoms with E-state index in [0.29, 0.717) is 19.8 Å². The molecule has 108 valence electrons. The Hall–Kier alpha value is -2.17. The van der Waals surface area contributed by atoms with Crippen LogP contribution in [-0.2, 0) is 9.47 Å². The molecule has 1 aliphatic rings. The van der Waals surface area contributed by atoms with E-state index in [1.165, 1.54) is 0 Å². The number of hydrogen-bond acceptors (Lipinski definition) is 4. The highest BCUT2D eigenvalue weighted by atomic mass is 16.7. The summed E-state index contributed by atoms with van der Waals surface area (Å²) in [6, 6.07) is 11.9. The minimum atomic E-state index is -0.240. The molecule has 0 spiro atoms. The minimum absolute atomic E-state index is 0.240. The zero-order chi connectivity index (χ0) is 14.3. The van der Waals surface area contributed by atoms with E-state index >= 15 is 0 Å². The summed E-state index contributed by atoms with van der Waals surface area (Å²) in [5.74, 6) is 0.815. The fraction of sp³-hybridized carbons (Fsp3) is 0.235. The molecule has 2 heterocycles. The van der Waals surface area contributed by atoms with Gasteiger partial charge in [0, 0.05) is 12.4 Å². The first-order valence-electron chi connectivity index (χ1n) is 6.94. The molecule has 0 N–H and O–H groups in total. The Morgan fingerprint density at radius 3 is 2.24 bits per heavy atom. The fourth-order valence-electron chi connectivity index (χ4n) is 2.01. The van der Waals surface area contributed by atoms with Gasteiger partial charge in [0.25, 0.3) is 0 Å². The van der Waals surface area contributed by atoms with E-state index in [1.54, 1.807) is 12.4 Å². The monoisotopic (exact) mass is 283 g/mol. The van der Waals surface area contributed by atoms with Gasteiger partial charge in [0.2, 0.25) is 0 Å². The fourth-order valence-corrected chi connectivity index (χ4v) is 2.01. The van der Waals surface area contributed by atoms with E-state index in [0.717, 1.165) is 16.9 Å². The molecular formula is C17H17NO3. The molecule has 0 amide bonds. The maximum Gasteiger partial charge on any atom is 0.191 e. The predicted molar refractivity (Wildman–Crippen MR) is 80.8 cm³/mol. The van der Waals surface area contributed by atoms with Gasteiger partial charge in [-0.1, -0.05) is 24.3 Å². The van der Waals surface area contributed by atoms with Gasteiger partial charge in [0.15, 0.2) is 6.29 Å². The first kappa shape index (κ1) is 13.8. The molecule has 1 fully saturated rings. The zero-order valence-corrected chi connectivity index (χ0v) is 11.6. The average molecular weight is 283 g/mol. The second-order valence-electron chi connectivity index (χ2n) is 4.67. The highest BCUT2D eigenvalue weighted by Gasteiger charge is 2.16. The highest BCUT2D eigenvalue weighted by molar-refractivity contribution is 5.69. The Bertz CT molecular complexity index is 575. The highest BCUT2D eigenvalue weighted by Crippen LogP contribution is 2.15. The van der Waals surface area contributed by atoms with Gasteiger partial charge in [-0.2, -0.15) is 0 Å². The molecule has 0 bridgehead atoms. The number of rotatable bonds is 5. The molecule has 0 aliphatic carbocycles. The van der Waals surface area contributed by atoms with Crippen LogP contribution in [0.2, 0.25) is 0 Å². The summed E-state index contributed by atoms with van der Waals surface area (Å²) in [5, 5.41) is 0. The maximum absolute atomic E-state index is 5.63. The third-order valence-corrected chi connectivity index (χ3v) is 3.13. The summed E-state index contributed by atoms with van der Waals surface area (Å²) < 4.78 is 16.3. The molecule has 3 rings (SSSR count). The van der Waals surface area contributed by atoms with Crippen molar-refractivity contribution in [2.45, 2.75) is 6.29 Å². The summed E-state index contributed by atoms with van der Waals surface area (Å²) in [4.78, 5) is 3.99. The molecular weight excluding hydrogens is 266 g/mol. The second kappa shape index (κ2) is 7.02. The molecule has 0 unspecified atom stereocenters. The van der Waals surface area contributed by atoms with Crippen molar-refractivity contribution in [2.24, 2.45) is 0 Å². The van der Waals surface area contributed by atoms with Gasteiger partial charge in [-0.15, -0.1) is 0 Å². The summed E-state index contributed by atoms with van der Waals surface area (Å²) in [7, 11) is 0. The molecule has 2 aromatic rings. The quantitative estimate of drug-likeness (QED) is 0.845. The zero-order valence-electron chi connectivity index (χ0n) is 11.6. The Kier molecular flexibility index (Phi) is 4.61. The van der Waals surface area contributed by atoms with Crippen molar-refractivity contribution >= 4 is 12.2 Å². The normalized spacial score (nSPS) is 15.6. The van der Waals surface area contributed by atoms with Gasteiger partial charge in [0.05, 0.1) is 13.2 Å². The molecule has 0 atom stereocenters. The minimum Gasteiger partial charge on any atom is -0.488 e. The van der Waals surface area contributed by atoms with Crippen LogP contribution >= 0.6 is 0 Å². The van der Waals surface area contributed by atoms with Crippen molar-refractivity contribution in [3.8, 4) is 5.75 Å². The first-order chi connectivity index (χ1) is 10.4. The van der Waals surface area contributed by atoms with Crippen LogP contribution in [0.3, 0.4) is 0 Å². The maximum atomic E-state index is 5.63. The second-order valence-corrected chi connectivity index (χ2v) is 4.67. The lowest BCUT2D eigenvalue weighted by atomic mass is 10.1. The van der Waals surface area contributed by atoms with E-state index in [1.807, 2.05) is 36.4 Å². The van der Waals surface area contributed by atoms with Crippen LogP contribution < -0.4 is 4.74 Å². The van der Waals surface area contributed by atoms with Crippen molar-refractivity contribution in [3.05, 3.63) is 59.9 Å². The van der Waals surface area contributed by atoms with Gasteiger partial charge >= 0.3 is 0 Å². The molecule has 0 saturated carbocycles. The van der Waals surface area contributed by atoms with Crippen LogP contribution in [0.5, 0.6) is 5.75 Å². The molecule has 21 heavy (non-hydrogen) atoms. The smallest absolute Gasteiger partial charge is 0.191 e. The Labute approximate surface area is 124 Å². The van der Waals surface area contributed by atoms with Crippen LogP contribution in [-0.4, -0.2) is 31.1 Å². The average Bonchev–Trinajstić information content (AvgIpc) is 3.06. The lowest BCUT2D eigenvalue weighted by Gasteiger charge is -2.10. The van der Waals surface area contributed by atoms with Gasteiger partial charge in [0.1, 0.15) is 12.4 Å². The third kappa shape index (κ3) is 4.15. The number of pyridine rings is 1. The van der Waals surface area contributed by atoms with E-state index in [4.69, 9.17) is 14.2 Å². The van der Waals surface area contributed by atoms with Crippen molar-refractivity contribution in [1.82, 2.24) is 4.98 Å². The van der Waals surface area contributed by atoms with E-state index in [-0.39, 0.29) is 6.29 Å². The molecule has 1 aliphatic heterocycles. The van der Waals surface area contributed by atoms with Crippen molar-refractivity contribution in [1.29, 1.82) is 0 Å². The molecule has 1 saturated heterocycles. The number of nitrogens with zero attached hydrogens (tertiary/aromatic N) is 1. The Balaban J connectivity index is 1.55. The van der Waals surface area contributed by atoms with Crippen molar-refractivity contribution in [2.75, 3.05) is 19.8 Å². The molecule has 4 heteroatoms. The van der Waals surface area contributed by atoms with Gasteiger partial charge in [-0.3, -0.25) is 4.98 Å². The van der Waals surface area contributed by atoms with Gasteiger partial charge in [-0.05, 0) is 35.4 Å². The number of hydrogen-bond donors (Lipinski definition) is 0. The van der Waals surface area contributed by atoms with Gasteiger partial charge in [-0.25, -0.2) is 0 Å². The van der Waals surface area contributed by atoms with Crippen LogP contribution in [0.15, 0.2) is 48.8 Å². The lowest BCUT2D eigenvalue weighted by molar-refractivity contribution is -0.0684. The number of benzene rings is 1. The molecule has 0 radical (unpaired) electrons. The van der Waals surface area contributed by atoms with Crippen molar-refractivity contribution < 1.29 is 14.2 Å². The van der Waals surface area contributed by atoms with Gasteiger partial charge < -0.3 is 14.2 Å². The molecule has 1 aromatic carbocycles. The topological polar surface area (TPSA) is 40.6 Å². The summed E-state index contributed by atoms with van der Waals surface area (Å²) in [6.07, 6.45) is 7.43. The van der Waals surface area contributed by atoms with Crippen molar-refractivity contribution in [3.63, 3.8) is 0 Å². The molecule has 4 nitrogen and oxygen atoms in total. The van der Waals surface area contributed by atoms with E-state index in [9.17, 15) is 0 Å². The third-order valence-electron chi connectivity index (χ3n) is 3.13. The van der Waals surface area contributed by atoms with Crippen LogP contribution in [0, 0.1) is 0 Å².